The number of carbonyl (C=O) groups is 1. The fourth-order valence-electron chi connectivity index (χ4n) is 2.89. The standard InChI is InChI=1S/C16H21N3O/c1-11-4-5-13-14(10-11)17-12(2)15(13)16(20)19-8-6-18(3)7-9-19/h4-5,10,17H,6-9H2,1-3H3. The van der Waals surface area contributed by atoms with Crippen molar-refractivity contribution in [1.82, 2.24) is 14.8 Å². The average Bonchev–Trinajstić information content (AvgIpc) is 2.73. The van der Waals surface area contributed by atoms with Crippen LogP contribution in [0, 0.1) is 13.8 Å². The van der Waals surface area contributed by atoms with E-state index >= 15 is 0 Å². The van der Waals surface area contributed by atoms with E-state index in [1.165, 1.54) is 5.56 Å². The number of nitrogens with one attached hydrogen (secondary N) is 1. The molecule has 4 nitrogen and oxygen atoms in total. The zero-order chi connectivity index (χ0) is 14.3. The van der Waals surface area contributed by atoms with Gasteiger partial charge in [0.15, 0.2) is 0 Å². The monoisotopic (exact) mass is 271 g/mol. The van der Waals surface area contributed by atoms with Crippen molar-refractivity contribution in [2.45, 2.75) is 13.8 Å². The van der Waals surface area contributed by atoms with Crippen LogP contribution in [0.4, 0.5) is 0 Å². The molecule has 2 heterocycles. The van der Waals surface area contributed by atoms with E-state index in [1.54, 1.807) is 0 Å². The van der Waals surface area contributed by atoms with E-state index < -0.39 is 0 Å². The number of H-pyrrole nitrogens is 1. The van der Waals surface area contributed by atoms with Crippen molar-refractivity contribution in [2.75, 3.05) is 33.2 Å². The highest BCUT2D eigenvalue weighted by molar-refractivity contribution is 6.08. The minimum atomic E-state index is 0.158. The SMILES string of the molecule is Cc1ccc2c(C(=O)N3CCN(C)CC3)c(C)[nH]c2c1. The van der Waals surface area contributed by atoms with Crippen molar-refractivity contribution >= 4 is 16.8 Å². The van der Waals surface area contributed by atoms with Gasteiger partial charge in [0.25, 0.3) is 5.91 Å². The van der Waals surface area contributed by atoms with E-state index in [-0.39, 0.29) is 5.91 Å². The van der Waals surface area contributed by atoms with Crippen molar-refractivity contribution < 1.29 is 4.79 Å². The zero-order valence-electron chi connectivity index (χ0n) is 12.4. The summed E-state index contributed by atoms with van der Waals surface area (Å²) >= 11 is 0. The van der Waals surface area contributed by atoms with Crippen LogP contribution in [0.5, 0.6) is 0 Å². The smallest absolute Gasteiger partial charge is 0.256 e. The molecule has 0 unspecified atom stereocenters. The van der Waals surface area contributed by atoms with Crippen LogP contribution in [0.25, 0.3) is 10.9 Å². The molecule has 106 valence electrons. The summed E-state index contributed by atoms with van der Waals surface area (Å²) < 4.78 is 0. The molecule has 3 rings (SSSR count). The van der Waals surface area contributed by atoms with Gasteiger partial charge in [-0.2, -0.15) is 0 Å². The lowest BCUT2D eigenvalue weighted by Crippen LogP contribution is -2.47. The second-order valence-corrected chi connectivity index (χ2v) is 5.77. The molecule has 1 aromatic carbocycles. The molecule has 1 N–H and O–H groups in total. The van der Waals surface area contributed by atoms with E-state index in [0.29, 0.717) is 0 Å². The Hall–Kier alpha value is -1.81. The lowest BCUT2D eigenvalue weighted by atomic mass is 10.1. The quantitative estimate of drug-likeness (QED) is 0.863. The molecule has 4 heteroatoms. The maximum Gasteiger partial charge on any atom is 0.256 e. The molecule has 20 heavy (non-hydrogen) atoms. The Morgan fingerprint density at radius 2 is 1.85 bits per heavy atom. The van der Waals surface area contributed by atoms with Gasteiger partial charge in [0, 0.05) is 42.8 Å². The number of aromatic amines is 1. The van der Waals surface area contributed by atoms with Gasteiger partial charge in [-0.25, -0.2) is 0 Å². The maximum atomic E-state index is 12.8. The summed E-state index contributed by atoms with van der Waals surface area (Å²) in [6, 6.07) is 6.22. The molecule has 0 aliphatic carbocycles. The van der Waals surface area contributed by atoms with Crippen molar-refractivity contribution in [3.8, 4) is 0 Å². The Morgan fingerprint density at radius 1 is 1.15 bits per heavy atom. The number of fused-ring (bicyclic) bond motifs is 1. The summed E-state index contributed by atoms with van der Waals surface area (Å²) in [5.41, 5.74) is 4.07. The van der Waals surface area contributed by atoms with Gasteiger partial charge in [0.05, 0.1) is 5.56 Å². The van der Waals surface area contributed by atoms with Crippen molar-refractivity contribution in [1.29, 1.82) is 0 Å². The van der Waals surface area contributed by atoms with E-state index in [0.717, 1.165) is 48.3 Å². The van der Waals surface area contributed by atoms with Gasteiger partial charge in [-0.3, -0.25) is 4.79 Å². The summed E-state index contributed by atoms with van der Waals surface area (Å²) in [5, 5.41) is 1.04. The molecule has 0 atom stereocenters. The van der Waals surface area contributed by atoms with Crippen molar-refractivity contribution in [3.05, 3.63) is 35.0 Å². The minimum Gasteiger partial charge on any atom is -0.358 e. The first-order valence-corrected chi connectivity index (χ1v) is 7.13. The molecule has 1 saturated heterocycles. The van der Waals surface area contributed by atoms with Crippen LogP contribution in [0.2, 0.25) is 0 Å². The Morgan fingerprint density at radius 3 is 2.55 bits per heavy atom. The van der Waals surface area contributed by atoms with Gasteiger partial charge >= 0.3 is 0 Å². The van der Waals surface area contributed by atoms with E-state index in [4.69, 9.17) is 0 Å². The second kappa shape index (κ2) is 4.94. The number of rotatable bonds is 1. The summed E-state index contributed by atoms with van der Waals surface area (Å²) in [7, 11) is 2.10. The first-order chi connectivity index (χ1) is 9.56. The highest BCUT2D eigenvalue weighted by atomic mass is 16.2. The molecule has 0 saturated carbocycles. The Balaban J connectivity index is 1.97. The van der Waals surface area contributed by atoms with Crippen molar-refractivity contribution in [3.63, 3.8) is 0 Å². The number of hydrogen-bond acceptors (Lipinski definition) is 2. The molecule has 1 aromatic heterocycles. The molecule has 0 spiro atoms. The molecular weight excluding hydrogens is 250 g/mol. The fraction of sp³-hybridized carbons (Fsp3) is 0.438. The summed E-state index contributed by atoms with van der Waals surface area (Å²) in [4.78, 5) is 20.3. The normalized spacial score (nSPS) is 16.9. The molecular formula is C16H21N3O. The van der Waals surface area contributed by atoms with E-state index in [2.05, 4.69) is 42.1 Å². The van der Waals surface area contributed by atoms with Crippen LogP contribution < -0.4 is 0 Å². The highest BCUT2D eigenvalue weighted by Crippen LogP contribution is 2.24. The fourth-order valence-corrected chi connectivity index (χ4v) is 2.89. The molecule has 0 radical (unpaired) electrons. The van der Waals surface area contributed by atoms with Gasteiger partial charge in [0.1, 0.15) is 0 Å². The lowest BCUT2D eigenvalue weighted by Gasteiger charge is -2.32. The van der Waals surface area contributed by atoms with Gasteiger partial charge in [0.2, 0.25) is 0 Å². The third-order valence-corrected chi connectivity index (χ3v) is 4.15. The Bertz CT molecular complexity index is 651. The Labute approximate surface area is 119 Å². The third kappa shape index (κ3) is 2.20. The topological polar surface area (TPSA) is 39.3 Å². The minimum absolute atomic E-state index is 0.158. The van der Waals surface area contributed by atoms with Crippen LogP contribution in [0.3, 0.4) is 0 Å². The van der Waals surface area contributed by atoms with Crippen LogP contribution in [-0.4, -0.2) is 53.9 Å². The van der Waals surface area contributed by atoms with Gasteiger partial charge in [-0.15, -0.1) is 0 Å². The Kier molecular flexibility index (Phi) is 3.26. The maximum absolute atomic E-state index is 12.8. The number of benzene rings is 1. The van der Waals surface area contributed by atoms with E-state index in [9.17, 15) is 4.79 Å². The van der Waals surface area contributed by atoms with Crippen LogP contribution in [-0.2, 0) is 0 Å². The van der Waals surface area contributed by atoms with Gasteiger partial charge in [-0.1, -0.05) is 12.1 Å². The molecule has 1 amide bonds. The first-order valence-electron chi connectivity index (χ1n) is 7.13. The first kappa shape index (κ1) is 13.2. The summed E-state index contributed by atoms with van der Waals surface area (Å²) in [6.07, 6.45) is 0. The van der Waals surface area contributed by atoms with Gasteiger partial charge in [-0.05, 0) is 32.5 Å². The second-order valence-electron chi connectivity index (χ2n) is 5.77. The molecule has 2 aromatic rings. The largest absolute Gasteiger partial charge is 0.358 e. The van der Waals surface area contributed by atoms with Crippen molar-refractivity contribution in [2.24, 2.45) is 0 Å². The lowest BCUT2D eigenvalue weighted by molar-refractivity contribution is 0.0665. The predicted molar refractivity (Wildman–Crippen MR) is 81.2 cm³/mol. The average molecular weight is 271 g/mol. The van der Waals surface area contributed by atoms with Crippen LogP contribution in [0.15, 0.2) is 18.2 Å². The molecule has 1 aliphatic rings. The summed E-state index contributed by atoms with van der Waals surface area (Å²) in [5.74, 6) is 0.158. The van der Waals surface area contributed by atoms with Crippen LogP contribution in [0.1, 0.15) is 21.6 Å². The third-order valence-electron chi connectivity index (χ3n) is 4.15. The number of aromatic nitrogens is 1. The predicted octanol–water partition coefficient (Wildman–Crippen LogP) is 2.17. The number of piperazine rings is 1. The number of hydrogen-bond donors (Lipinski definition) is 1. The van der Waals surface area contributed by atoms with Crippen LogP contribution >= 0.6 is 0 Å². The highest BCUT2D eigenvalue weighted by Gasteiger charge is 2.24. The molecule has 1 aliphatic heterocycles. The summed E-state index contributed by atoms with van der Waals surface area (Å²) in [6.45, 7) is 7.58. The number of aryl methyl sites for hydroxylation is 2. The number of carbonyl (C=O) groups excluding carboxylic acids is 1. The molecule has 1 fully saturated rings. The van der Waals surface area contributed by atoms with Gasteiger partial charge < -0.3 is 14.8 Å². The number of nitrogens with zero attached hydrogens (tertiary/aromatic N) is 2. The number of likely N-dealkylation sites (N-methyl/N-ethyl adjacent to an activating group) is 1. The number of amides is 1. The van der Waals surface area contributed by atoms with E-state index in [1.807, 2.05) is 11.8 Å². The zero-order valence-corrected chi connectivity index (χ0v) is 12.4. The molecule has 0 bridgehead atoms.